The van der Waals surface area contributed by atoms with Gasteiger partial charge in [0.05, 0.1) is 22.3 Å². The highest BCUT2D eigenvalue weighted by Gasteiger charge is 2.19. The number of aromatic nitrogens is 2. The number of esters is 1. The molecule has 3 rings (SSSR count). The zero-order chi connectivity index (χ0) is 21.5. The maximum absolute atomic E-state index is 12.4. The minimum Gasteiger partial charge on any atom is -0.462 e. The van der Waals surface area contributed by atoms with Gasteiger partial charge in [-0.2, -0.15) is 5.10 Å². The third-order valence-electron chi connectivity index (χ3n) is 4.25. The summed E-state index contributed by atoms with van der Waals surface area (Å²) in [5, 5.41) is 11.9. The molecular weight excluding hydrogens is 484 g/mol. The van der Waals surface area contributed by atoms with E-state index < -0.39 is 0 Å². The number of nitrogens with zero attached hydrogens (tertiary/aromatic N) is 2. The summed E-state index contributed by atoms with van der Waals surface area (Å²) in [6, 6.07) is 11.8. The molecule has 0 bridgehead atoms. The van der Waals surface area contributed by atoms with Crippen LogP contribution in [-0.4, -0.2) is 34.0 Å². The van der Waals surface area contributed by atoms with Crippen LogP contribution in [0.5, 0.6) is 0 Å². The Morgan fingerprint density at radius 1 is 1.33 bits per heavy atom. The molecule has 0 aliphatic heterocycles. The van der Waals surface area contributed by atoms with Crippen LogP contribution in [0.1, 0.15) is 29.4 Å². The van der Waals surface area contributed by atoms with Crippen LogP contribution in [0.4, 0.5) is 5.00 Å². The van der Waals surface area contributed by atoms with E-state index in [1.807, 2.05) is 54.2 Å². The number of hydrogen-bond acceptors (Lipinski definition) is 5. The Labute approximate surface area is 193 Å². The van der Waals surface area contributed by atoms with Gasteiger partial charge in [0.25, 0.3) is 0 Å². The summed E-state index contributed by atoms with van der Waals surface area (Å²) in [6.45, 7) is 5.55. The van der Waals surface area contributed by atoms with Crippen LogP contribution < -0.4 is 10.6 Å². The van der Waals surface area contributed by atoms with Gasteiger partial charge in [0.2, 0.25) is 0 Å². The van der Waals surface area contributed by atoms with E-state index in [0.717, 1.165) is 33.6 Å². The standard InChI is InChI=1S/C21H23BrN4O2S2/c1-3-28-20(27)16-12-18(15-8-5-4-6-9-15)30-19(16)24-21(29)23-10-7-11-26-13-17(22)14(2)25-26/h4-6,8-9,12-13H,3,7,10-11H2,1-2H3,(H2,23,24,29). The van der Waals surface area contributed by atoms with Gasteiger partial charge in [0.15, 0.2) is 5.11 Å². The Morgan fingerprint density at radius 3 is 2.77 bits per heavy atom. The molecule has 1 aromatic carbocycles. The largest absolute Gasteiger partial charge is 0.462 e. The summed E-state index contributed by atoms with van der Waals surface area (Å²) >= 11 is 10.4. The number of halogens is 1. The lowest BCUT2D eigenvalue weighted by atomic mass is 10.1. The molecule has 0 aliphatic carbocycles. The molecule has 0 saturated carbocycles. The Kier molecular flexibility index (Phi) is 8.01. The molecule has 6 nitrogen and oxygen atoms in total. The highest BCUT2D eigenvalue weighted by Crippen LogP contribution is 2.35. The van der Waals surface area contributed by atoms with Crippen molar-refractivity contribution in [1.29, 1.82) is 0 Å². The molecule has 2 heterocycles. The maximum Gasteiger partial charge on any atom is 0.341 e. The number of anilines is 1. The summed E-state index contributed by atoms with van der Waals surface area (Å²) in [7, 11) is 0. The first kappa shape index (κ1) is 22.5. The maximum atomic E-state index is 12.4. The first-order chi connectivity index (χ1) is 14.5. The molecule has 0 radical (unpaired) electrons. The molecule has 2 N–H and O–H groups in total. The van der Waals surface area contributed by atoms with Crippen LogP contribution in [0, 0.1) is 6.92 Å². The Morgan fingerprint density at radius 2 is 2.10 bits per heavy atom. The zero-order valence-corrected chi connectivity index (χ0v) is 20.0. The second-order valence-corrected chi connectivity index (χ2v) is 8.81. The number of aryl methyl sites for hydroxylation is 2. The van der Waals surface area contributed by atoms with E-state index in [1.165, 1.54) is 11.3 Å². The predicted molar refractivity (Wildman–Crippen MR) is 129 cm³/mol. The van der Waals surface area contributed by atoms with E-state index in [2.05, 4.69) is 31.7 Å². The van der Waals surface area contributed by atoms with Crippen molar-refractivity contribution in [1.82, 2.24) is 15.1 Å². The molecule has 158 valence electrons. The first-order valence-electron chi connectivity index (χ1n) is 9.58. The number of benzene rings is 1. The number of carbonyl (C=O) groups is 1. The third-order valence-corrected chi connectivity index (χ3v) is 6.37. The van der Waals surface area contributed by atoms with E-state index in [-0.39, 0.29) is 5.97 Å². The minimum absolute atomic E-state index is 0.320. The van der Waals surface area contributed by atoms with Crippen molar-refractivity contribution in [2.75, 3.05) is 18.5 Å². The van der Waals surface area contributed by atoms with E-state index in [4.69, 9.17) is 17.0 Å². The van der Waals surface area contributed by atoms with Gasteiger partial charge in [-0.3, -0.25) is 4.68 Å². The molecule has 3 aromatic rings. The van der Waals surface area contributed by atoms with Crippen molar-refractivity contribution < 1.29 is 9.53 Å². The summed E-state index contributed by atoms with van der Waals surface area (Å²) in [4.78, 5) is 13.4. The van der Waals surface area contributed by atoms with Gasteiger partial charge >= 0.3 is 5.97 Å². The Bertz CT molecular complexity index is 998. The third kappa shape index (κ3) is 5.90. The van der Waals surface area contributed by atoms with Crippen molar-refractivity contribution in [2.45, 2.75) is 26.8 Å². The molecule has 0 aliphatic rings. The molecule has 30 heavy (non-hydrogen) atoms. The summed E-state index contributed by atoms with van der Waals surface area (Å²) in [6.07, 6.45) is 2.83. The fourth-order valence-corrected chi connectivity index (χ4v) is 4.43. The number of thiophene rings is 1. The van der Waals surface area contributed by atoms with Gasteiger partial charge in [0.1, 0.15) is 5.00 Å². The summed E-state index contributed by atoms with van der Waals surface area (Å²) in [5.41, 5.74) is 2.50. The van der Waals surface area contributed by atoms with Crippen molar-refractivity contribution in [3.63, 3.8) is 0 Å². The minimum atomic E-state index is -0.360. The van der Waals surface area contributed by atoms with E-state index in [0.29, 0.717) is 28.8 Å². The topological polar surface area (TPSA) is 68.2 Å². The van der Waals surface area contributed by atoms with Crippen LogP contribution in [0.3, 0.4) is 0 Å². The average molecular weight is 507 g/mol. The molecule has 0 amide bonds. The van der Waals surface area contributed by atoms with E-state index in [1.54, 1.807) is 6.92 Å². The van der Waals surface area contributed by atoms with Gasteiger partial charge in [-0.15, -0.1) is 11.3 Å². The van der Waals surface area contributed by atoms with E-state index >= 15 is 0 Å². The Hall–Kier alpha value is -2.23. The highest BCUT2D eigenvalue weighted by molar-refractivity contribution is 9.10. The zero-order valence-electron chi connectivity index (χ0n) is 16.8. The summed E-state index contributed by atoms with van der Waals surface area (Å²) < 4.78 is 8.12. The van der Waals surface area contributed by atoms with Gasteiger partial charge in [0, 0.05) is 24.2 Å². The smallest absolute Gasteiger partial charge is 0.341 e. The number of nitrogens with one attached hydrogen (secondary N) is 2. The molecule has 0 atom stereocenters. The van der Waals surface area contributed by atoms with Crippen molar-refractivity contribution in [3.05, 3.63) is 58.3 Å². The highest BCUT2D eigenvalue weighted by atomic mass is 79.9. The fraction of sp³-hybridized carbons (Fsp3) is 0.286. The van der Waals surface area contributed by atoms with Gasteiger partial charge in [-0.05, 0) is 60.0 Å². The number of hydrogen-bond donors (Lipinski definition) is 2. The van der Waals surface area contributed by atoms with Gasteiger partial charge in [-0.25, -0.2) is 4.79 Å². The van der Waals surface area contributed by atoms with Gasteiger partial charge < -0.3 is 15.4 Å². The second kappa shape index (κ2) is 10.7. The first-order valence-corrected chi connectivity index (χ1v) is 11.6. The number of thiocarbonyl (C=S) groups is 1. The molecule has 9 heteroatoms. The van der Waals surface area contributed by atoms with E-state index in [9.17, 15) is 4.79 Å². The molecule has 0 saturated heterocycles. The van der Waals surface area contributed by atoms with Crippen molar-refractivity contribution in [2.24, 2.45) is 0 Å². The number of rotatable bonds is 8. The van der Waals surface area contributed by atoms with Crippen LogP contribution in [0.25, 0.3) is 10.4 Å². The van der Waals surface area contributed by atoms with Crippen LogP contribution in [0.2, 0.25) is 0 Å². The van der Waals surface area contributed by atoms with Crippen molar-refractivity contribution >= 4 is 55.6 Å². The predicted octanol–water partition coefficient (Wildman–Crippen LogP) is 5.24. The summed E-state index contributed by atoms with van der Waals surface area (Å²) in [5.74, 6) is -0.360. The Balaban J connectivity index is 1.61. The van der Waals surface area contributed by atoms with Crippen molar-refractivity contribution in [3.8, 4) is 10.4 Å². The van der Waals surface area contributed by atoms with Gasteiger partial charge in [-0.1, -0.05) is 30.3 Å². The molecular formula is C21H23BrN4O2S2. The lowest BCUT2D eigenvalue weighted by Crippen LogP contribution is -2.30. The number of ether oxygens (including phenoxy) is 1. The number of carbonyl (C=O) groups excluding carboxylic acids is 1. The van der Waals surface area contributed by atoms with Crippen LogP contribution in [0.15, 0.2) is 47.1 Å². The molecule has 0 spiro atoms. The lowest BCUT2D eigenvalue weighted by Gasteiger charge is -2.10. The quantitative estimate of drug-likeness (QED) is 0.247. The SMILES string of the molecule is CCOC(=O)c1cc(-c2ccccc2)sc1NC(=S)NCCCn1cc(Br)c(C)n1. The molecule has 0 fully saturated rings. The second-order valence-electron chi connectivity index (χ2n) is 6.50. The van der Waals surface area contributed by atoms with Crippen LogP contribution >= 0.6 is 39.5 Å². The normalized spacial score (nSPS) is 10.6. The molecule has 0 unspecified atom stereocenters. The lowest BCUT2D eigenvalue weighted by molar-refractivity contribution is 0.0528. The fourth-order valence-electron chi connectivity index (χ4n) is 2.79. The molecule has 2 aromatic heterocycles. The average Bonchev–Trinajstić information content (AvgIpc) is 3.29. The monoisotopic (exact) mass is 506 g/mol. The van der Waals surface area contributed by atoms with Crippen LogP contribution in [-0.2, 0) is 11.3 Å².